The van der Waals surface area contributed by atoms with E-state index in [9.17, 15) is 0 Å². The molecule has 0 spiro atoms. The molecule has 132 valence electrons. The zero-order chi connectivity index (χ0) is 18.0. The van der Waals surface area contributed by atoms with Crippen molar-refractivity contribution in [3.8, 4) is 17.2 Å². The van der Waals surface area contributed by atoms with Crippen molar-refractivity contribution < 1.29 is 18.6 Å². The van der Waals surface area contributed by atoms with Crippen LogP contribution >= 0.6 is 35.0 Å². The van der Waals surface area contributed by atoms with Gasteiger partial charge in [0.15, 0.2) is 17.1 Å². The number of nitrogens with zero attached hydrogens (tertiary/aromatic N) is 1. The van der Waals surface area contributed by atoms with Crippen molar-refractivity contribution in [1.29, 1.82) is 0 Å². The molecule has 1 heterocycles. The molecule has 8 heteroatoms. The maximum atomic E-state index is 6.14. The van der Waals surface area contributed by atoms with E-state index in [0.29, 0.717) is 49.4 Å². The molecule has 0 bridgehead atoms. The summed E-state index contributed by atoms with van der Waals surface area (Å²) < 4.78 is 21.8. The number of methoxy groups -OCH3 is 3. The Bertz CT molecular complexity index is 888. The van der Waals surface area contributed by atoms with Crippen LogP contribution in [0.15, 0.2) is 33.9 Å². The van der Waals surface area contributed by atoms with Gasteiger partial charge in [-0.05, 0) is 23.8 Å². The van der Waals surface area contributed by atoms with Crippen molar-refractivity contribution in [3.63, 3.8) is 0 Å². The third-order valence-electron chi connectivity index (χ3n) is 3.48. The summed E-state index contributed by atoms with van der Waals surface area (Å²) in [4.78, 5) is 4.41. The van der Waals surface area contributed by atoms with E-state index in [1.165, 1.54) is 11.8 Å². The molecule has 3 rings (SSSR count). The Kier molecular flexibility index (Phi) is 5.51. The van der Waals surface area contributed by atoms with E-state index in [-0.39, 0.29) is 0 Å². The number of rotatable bonds is 6. The van der Waals surface area contributed by atoms with Crippen molar-refractivity contribution >= 4 is 46.1 Å². The number of thioether (sulfide) groups is 1. The fourth-order valence-corrected chi connectivity index (χ4v) is 3.64. The zero-order valence-electron chi connectivity index (χ0n) is 13.8. The standard InChI is InChI=1S/C17H15Cl2NO4S/c1-21-13-4-9(5-14(22-2)16(13)23-3)8-25-17-20-15-11(19)6-10(18)7-12(15)24-17/h4-7H,8H2,1-3H3. The van der Waals surface area contributed by atoms with Gasteiger partial charge < -0.3 is 18.6 Å². The molecule has 0 fully saturated rings. The average molecular weight is 400 g/mol. The first-order chi connectivity index (χ1) is 12.0. The SMILES string of the molecule is COc1cc(CSc2nc3c(Cl)cc(Cl)cc3o2)cc(OC)c1OC. The van der Waals surface area contributed by atoms with E-state index in [4.69, 9.17) is 41.8 Å². The van der Waals surface area contributed by atoms with Gasteiger partial charge >= 0.3 is 0 Å². The summed E-state index contributed by atoms with van der Waals surface area (Å²) in [5.74, 6) is 2.37. The van der Waals surface area contributed by atoms with Gasteiger partial charge in [0.25, 0.3) is 5.22 Å². The molecule has 0 unspecified atom stereocenters. The quantitative estimate of drug-likeness (QED) is 0.513. The summed E-state index contributed by atoms with van der Waals surface area (Å²) in [5, 5.41) is 1.48. The fraction of sp³-hybridized carbons (Fsp3) is 0.235. The Morgan fingerprint density at radius 2 is 1.68 bits per heavy atom. The van der Waals surface area contributed by atoms with Crippen LogP contribution in [0, 0.1) is 0 Å². The van der Waals surface area contributed by atoms with Crippen LogP contribution in [0.3, 0.4) is 0 Å². The average Bonchev–Trinajstić information content (AvgIpc) is 3.02. The van der Waals surface area contributed by atoms with Crippen molar-refractivity contribution in [3.05, 3.63) is 39.9 Å². The van der Waals surface area contributed by atoms with E-state index in [0.717, 1.165) is 5.56 Å². The molecule has 0 N–H and O–H groups in total. The summed E-state index contributed by atoms with van der Waals surface area (Å²) in [6.07, 6.45) is 0. The summed E-state index contributed by atoms with van der Waals surface area (Å²) >= 11 is 13.6. The van der Waals surface area contributed by atoms with Crippen molar-refractivity contribution in [2.24, 2.45) is 0 Å². The van der Waals surface area contributed by atoms with Gasteiger partial charge in [0.2, 0.25) is 5.75 Å². The highest BCUT2D eigenvalue weighted by Crippen LogP contribution is 2.40. The van der Waals surface area contributed by atoms with Gasteiger partial charge in [0.05, 0.1) is 26.4 Å². The third-order valence-corrected chi connectivity index (χ3v) is 4.89. The largest absolute Gasteiger partial charge is 0.493 e. The molecule has 0 amide bonds. The second-order valence-electron chi connectivity index (χ2n) is 5.04. The lowest BCUT2D eigenvalue weighted by molar-refractivity contribution is 0.324. The van der Waals surface area contributed by atoms with Gasteiger partial charge in [-0.1, -0.05) is 35.0 Å². The van der Waals surface area contributed by atoms with Crippen molar-refractivity contribution in [1.82, 2.24) is 4.98 Å². The van der Waals surface area contributed by atoms with Gasteiger partial charge in [-0.2, -0.15) is 0 Å². The molecule has 0 radical (unpaired) electrons. The van der Waals surface area contributed by atoms with Gasteiger partial charge in [-0.15, -0.1) is 0 Å². The number of fused-ring (bicyclic) bond motifs is 1. The van der Waals surface area contributed by atoms with Gasteiger partial charge in [-0.25, -0.2) is 4.98 Å². The smallest absolute Gasteiger partial charge is 0.257 e. The monoisotopic (exact) mass is 399 g/mol. The van der Waals surface area contributed by atoms with Crippen LogP contribution in [0.5, 0.6) is 17.2 Å². The fourth-order valence-electron chi connectivity index (χ4n) is 2.36. The van der Waals surface area contributed by atoms with E-state index in [1.807, 2.05) is 12.1 Å². The van der Waals surface area contributed by atoms with Crippen LogP contribution in [0.4, 0.5) is 0 Å². The number of oxazole rings is 1. The highest BCUT2D eigenvalue weighted by Gasteiger charge is 2.15. The minimum absolute atomic E-state index is 0.464. The maximum Gasteiger partial charge on any atom is 0.257 e. The minimum atomic E-state index is 0.464. The molecule has 0 saturated heterocycles. The van der Waals surface area contributed by atoms with Crippen LogP contribution in [0.25, 0.3) is 11.1 Å². The molecular formula is C17H15Cl2NO4S. The van der Waals surface area contributed by atoms with Crippen molar-refractivity contribution in [2.75, 3.05) is 21.3 Å². The number of aromatic nitrogens is 1. The van der Waals surface area contributed by atoms with Gasteiger partial charge in [0.1, 0.15) is 5.52 Å². The number of hydrogen-bond acceptors (Lipinski definition) is 6. The first-order valence-corrected chi connectivity index (χ1v) is 8.97. The predicted molar refractivity (Wildman–Crippen MR) is 99.7 cm³/mol. The van der Waals surface area contributed by atoms with Crippen LogP contribution in [0.2, 0.25) is 10.0 Å². The summed E-state index contributed by atoms with van der Waals surface area (Å²) in [5.41, 5.74) is 2.13. The zero-order valence-corrected chi connectivity index (χ0v) is 16.1. The molecule has 0 aliphatic rings. The van der Waals surface area contributed by atoms with Gasteiger partial charge in [0, 0.05) is 16.8 Å². The number of ether oxygens (including phenoxy) is 3. The molecular weight excluding hydrogens is 385 g/mol. The molecule has 5 nitrogen and oxygen atoms in total. The van der Waals surface area contributed by atoms with E-state index >= 15 is 0 Å². The molecule has 0 aliphatic carbocycles. The molecule has 0 atom stereocenters. The first kappa shape index (κ1) is 18.0. The third kappa shape index (κ3) is 3.76. The molecule has 1 aromatic heterocycles. The minimum Gasteiger partial charge on any atom is -0.493 e. The second kappa shape index (κ2) is 7.64. The molecule has 0 aliphatic heterocycles. The summed E-state index contributed by atoms with van der Waals surface area (Å²) in [6.45, 7) is 0. The molecule has 2 aromatic carbocycles. The number of halogens is 2. The van der Waals surface area contributed by atoms with Crippen LogP contribution in [0.1, 0.15) is 5.56 Å². The van der Waals surface area contributed by atoms with E-state index < -0.39 is 0 Å². The van der Waals surface area contributed by atoms with Gasteiger partial charge in [-0.3, -0.25) is 0 Å². The highest BCUT2D eigenvalue weighted by molar-refractivity contribution is 7.98. The first-order valence-electron chi connectivity index (χ1n) is 7.23. The molecule has 3 aromatic rings. The lowest BCUT2D eigenvalue weighted by Crippen LogP contribution is -1.96. The second-order valence-corrected chi connectivity index (χ2v) is 6.81. The molecule has 0 saturated carbocycles. The predicted octanol–water partition coefficient (Wildman–Crippen LogP) is 5.45. The van der Waals surface area contributed by atoms with Crippen molar-refractivity contribution in [2.45, 2.75) is 11.0 Å². The maximum absolute atomic E-state index is 6.14. The van der Waals surface area contributed by atoms with E-state index in [1.54, 1.807) is 33.5 Å². The molecule has 25 heavy (non-hydrogen) atoms. The summed E-state index contributed by atoms with van der Waals surface area (Å²) in [7, 11) is 4.74. The normalized spacial score (nSPS) is 10.9. The topological polar surface area (TPSA) is 53.7 Å². The lowest BCUT2D eigenvalue weighted by Gasteiger charge is -2.13. The highest BCUT2D eigenvalue weighted by atomic mass is 35.5. The lowest BCUT2D eigenvalue weighted by atomic mass is 10.2. The van der Waals surface area contributed by atoms with Crippen LogP contribution in [-0.4, -0.2) is 26.3 Å². The number of hydrogen-bond donors (Lipinski definition) is 0. The summed E-state index contributed by atoms with van der Waals surface area (Å²) in [6, 6.07) is 7.11. The van der Waals surface area contributed by atoms with E-state index in [2.05, 4.69) is 4.98 Å². The van der Waals surface area contributed by atoms with Crippen LogP contribution in [-0.2, 0) is 5.75 Å². The Labute approximate surface area is 159 Å². The Morgan fingerprint density at radius 3 is 2.28 bits per heavy atom. The number of benzene rings is 2. The Morgan fingerprint density at radius 1 is 1.00 bits per heavy atom. The Hall–Kier alpha value is -1.76. The Balaban J connectivity index is 1.85. The van der Waals surface area contributed by atoms with Crippen LogP contribution < -0.4 is 14.2 Å².